The molecule has 12 heteroatoms. The first kappa shape index (κ1) is 17.1. The summed E-state index contributed by atoms with van der Waals surface area (Å²) in [6.45, 7) is 1.75. The maximum atomic E-state index is 12.3. The largest absolute Gasteiger partial charge is 0.445 e. The number of hydrogen-bond donors (Lipinski definition) is 2. The molecule has 0 atom stereocenters. The molecule has 7 nitrogen and oxygen atoms in total. The summed E-state index contributed by atoms with van der Waals surface area (Å²) in [6.07, 6.45) is -4.69. The smallest absolute Gasteiger partial charge is 0.281 e. The van der Waals surface area contributed by atoms with Crippen LogP contribution >= 0.6 is 11.3 Å². The van der Waals surface area contributed by atoms with Crippen LogP contribution in [-0.4, -0.2) is 24.6 Å². The summed E-state index contributed by atoms with van der Waals surface area (Å²) in [5, 5.41) is 6.13. The Hall–Kier alpha value is -2.21. The number of amides is 2. The molecule has 1 aromatic carbocycles. The average Bonchev–Trinajstić information content (AvgIpc) is 2.86. The van der Waals surface area contributed by atoms with Gasteiger partial charge in [-0.25, -0.2) is 17.9 Å². The Morgan fingerprint density at radius 3 is 2.30 bits per heavy atom. The second kappa shape index (κ2) is 6.12. The third-order valence-corrected chi connectivity index (χ3v) is 4.68. The molecule has 0 radical (unpaired) electrons. The van der Waals surface area contributed by atoms with Crippen LogP contribution in [0.25, 0.3) is 0 Å². The highest BCUT2D eigenvalue weighted by Crippen LogP contribution is 2.32. The summed E-state index contributed by atoms with van der Waals surface area (Å²) in [5.41, 5.74) is 0.821. The van der Waals surface area contributed by atoms with Crippen molar-refractivity contribution < 1.29 is 26.4 Å². The van der Waals surface area contributed by atoms with Gasteiger partial charge in [0.1, 0.15) is 0 Å². The summed E-state index contributed by atoms with van der Waals surface area (Å²) in [7, 11) is -4.15. The van der Waals surface area contributed by atoms with Gasteiger partial charge in [-0.1, -0.05) is 29.0 Å². The first-order valence-corrected chi connectivity index (χ1v) is 8.19. The minimum absolute atomic E-state index is 0.0779. The van der Waals surface area contributed by atoms with Crippen LogP contribution in [0.2, 0.25) is 0 Å². The lowest BCUT2D eigenvalue weighted by Crippen LogP contribution is -2.34. The Bertz CT molecular complexity index is 816. The lowest BCUT2D eigenvalue weighted by Gasteiger charge is -2.07. The molecule has 23 heavy (non-hydrogen) atoms. The predicted molar refractivity (Wildman–Crippen MR) is 75.4 cm³/mol. The van der Waals surface area contributed by atoms with Crippen LogP contribution in [-0.2, 0) is 16.2 Å². The number of halogens is 3. The second-order valence-electron chi connectivity index (χ2n) is 4.28. The van der Waals surface area contributed by atoms with Gasteiger partial charge in [-0.05, 0) is 19.1 Å². The van der Waals surface area contributed by atoms with Gasteiger partial charge in [-0.3, -0.25) is 5.32 Å². The molecule has 0 aliphatic rings. The minimum atomic E-state index is -4.69. The van der Waals surface area contributed by atoms with Crippen LogP contribution in [0.4, 0.5) is 23.1 Å². The average molecular weight is 366 g/mol. The molecule has 0 unspecified atom stereocenters. The molecule has 2 amide bonds. The zero-order valence-electron chi connectivity index (χ0n) is 11.4. The lowest BCUT2D eigenvalue weighted by molar-refractivity contribution is -0.138. The topological polar surface area (TPSA) is 101 Å². The fourth-order valence-corrected chi connectivity index (χ4v) is 2.92. The van der Waals surface area contributed by atoms with Crippen LogP contribution in [0.3, 0.4) is 0 Å². The number of carbonyl (C=O) groups excluding carboxylic acids is 1. The van der Waals surface area contributed by atoms with E-state index >= 15 is 0 Å². The summed E-state index contributed by atoms with van der Waals surface area (Å²) < 4.78 is 62.6. The normalized spacial score (nSPS) is 12.0. The van der Waals surface area contributed by atoms with Gasteiger partial charge < -0.3 is 0 Å². The number of nitrogens with zero attached hydrogens (tertiary/aromatic N) is 2. The van der Waals surface area contributed by atoms with Crippen molar-refractivity contribution in [1.29, 1.82) is 0 Å². The van der Waals surface area contributed by atoms with Gasteiger partial charge in [0.2, 0.25) is 10.1 Å². The van der Waals surface area contributed by atoms with E-state index in [0.717, 1.165) is 5.56 Å². The predicted octanol–water partition coefficient (Wildman–Crippen LogP) is 2.38. The Morgan fingerprint density at radius 1 is 1.17 bits per heavy atom. The molecular weight excluding hydrogens is 357 g/mol. The molecular formula is C11H9F3N4O3S2. The van der Waals surface area contributed by atoms with Gasteiger partial charge in [-0.2, -0.15) is 13.2 Å². The number of alkyl halides is 3. The zero-order valence-corrected chi connectivity index (χ0v) is 13.0. The Balaban J connectivity index is 2.07. The number of rotatable bonds is 3. The number of anilines is 1. The number of hydrogen-bond acceptors (Lipinski definition) is 6. The summed E-state index contributed by atoms with van der Waals surface area (Å²) in [5.74, 6) is 0. The quantitative estimate of drug-likeness (QED) is 0.869. The fraction of sp³-hybridized carbons (Fsp3) is 0.182. The molecule has 0 fully saturated rings. The van der Waals surface area contributed by atoms with Crippen molar-refractivity contribution in [1.82, 2.24) is 14.9 Å². The molecule has 1 heterocycles. The molecule has 0 aliphatic heterocycles. The van der Waals surface area contributed by atoms with Crippen molar-refractivity contribution in [3.8, 4) is 0 Å². The van der Waals surface area contributed by atoms with Crippen molar-refractivity contribution in [2.75, 3.05) is 5.32 Å². The number of urea groups is 1. The highest BCUT2D eigenvalue weighted by atomic mass is 32.2. The third-order valence-electron chi connectivity index (χ3n) is 2.45. The summed E-state index contributed by atoms with van der Waals surface area (Å²) >= 11 is 0.0779. The SMILES string of the molecule is Cc1ccc(S(=O)(=O)NC(=O)Nc2nnc(C(F)(F)F)s2)cc1. The van der Waals surface area contributed by atoms with Gasteiger partial charge in [0.25, 0.3) is 10.0 Å². The summed E-state index contributed by atoms with van der Waals surface area (Å²) in [6, 6.07) is 4.41. The van der Waals surface area contributed by atoms with Gasteiger partial charge in [-0.15, -0.1) is 10.2 Å². The number of aromatic nitrogens is 2. The van der Waals surface area contributed by atoms with Gasteiger partial charge in [0.15, 0.2) is 0 Å². The highest BCUT2D eigenvalue weighted by molar-refractivity contribution is 7.90. The van der Waals surface area contributed by atoms with Crippen molar-refractivity contribution in [2.24, 2.45) is 0 Å². The molecule has 2 aromatic rings. The second-order valence-corrected chi connectivity index (χ2v) is 6.94. The molecule has 2 rings (SSSR count). The van der Waals surface area contributed by atoms with Crippen molar-refractivity contribution in [2.45, 2.75) is 18.0 Å². The van der Waals surface area contributed by atoms with Gasteiger partial charge in [0.05, 0.1) is 4.90 Å². The third kappa shape index (κ3) is 4.39. The van der Waals surface area contributed by atoms with E-state index in [-0.39, 0.29) is 16.2 Å². The zero-order chi connectivity index (χ0) is 17.3. The monoisotopic (exact) mass is 366 g/mol. The first-order chi connectivity index (χ1) is 10.6. The molecule has 0 bridgehead atoms. The van der Waals surface area contributed by atoms with E-state index in [9.17, 15) is 26.4 Å². The van der Waals surface area contributed by atoms with Gasteiger partial charge >= 0.3 is 12.2 Å². The number of sulfonamides is 1. The lowest BCUT2D eigenvalue weighted by atomic mass is 10.2. The molecule has 124 valence electrons. The number of benzene rings is 1. The minimum Gasteiger partial charge on any atom is -0.281 e. The summed E-state index contributed by atoms with van der Waals surface area (Å²) in [4.78, 5) is 11.4. The van der Waals surface area contributed by atoms with E-state index in [2.05, 4.69) is 10.2 Å². The van der Waals surface area contributed by atoms with E-state index in [1.807, 2.05) is 5.32 Å². The van der Waals surface area contributed by atoms with Crippen LogP contribution < -0.4 is 10.0 Å². The Morgan fingerprint density at radius 2 is 1.78 bits per heavy atom. The van der Waals surface area contributed by atoms with Gasteiger partial charge in [0, 0.05) is 0 Å². The van der Waals surface area contributed by atoms with Crippen LogP contribution in [0, 0.1) is 6.92 Å². The van der Waals surface area contributed by atoms with Crippen LogP contribution in [0.5, 0.6) is 0 Å². The maximum Gasteiger partial charge on any atom is 0.445 e. The molecule has 1 aromatic heterocycles. The number of carbonyl (C=O) groups is 1. The van der Waals surface area contributed by atoms with E-state index in [1.165, 1.54) is 24.3 Å². The van der Waals surface area contributed by atoms with Crippen molar-refractivity contribution >= 4 is 32.5 Å². The number of aryl methyl sites for hydroxylation is 1. The molecule has 0 aliphatic carbocycles. The van der Waals surface area contributed by atoms with Crippen molar-refractivity contribution in [3.05, 3.63) is 34.8 Å². The Kier molecular flexibility index (Phi) is 4.56. The van der Waals surface area contributed by atoms with E-state index in [1.54, 1.807) is 11.6 Å². The van der Waals surface area contributed by atoms with Crippen LogP contribution in [0.1, 0.15) is 10.6 Å². The molecule has 0 saturated carbocycles. The van der Waals surface area contributed by atoms with Crippen molar-refractivity contribution in [3.63, 3.8) is 0 Å². The van der Waals surface area contributed by atoms with E-state index in [4.69, 9.17) is 0 Å². The number of nitrogens with one attached hydrogen (secondary N) is 2. The molecule has 0 spiro atoms. The first-order valence-electron chi connectivity index (χ1n) is 5.89. The molecule has 2 N–H and O–H groups in total. The van der Waals surface area contributed by atoms with Crippen LogP contribution in [0.15, 0.2) is 29.2 Å². The van der Waals surface area contributed by atoms with E-state index in [0.29, 0.717) is 0 Å². The maximum absolute atomic E-state index is 12.3. The van der Waals surface area contributed by atoms with E-state index < -0.39 is 32.4 Å². The fourth-order valence-electron chi connectivity index (χ4n) is 1.41. The molecule has 0 saturated heterocycles. The highest BCUT2D eigenvalue weighted by Gasteiger charge is 2.35. The Labute approximate surface area is 132 Å². The standard InChI is InChI=1S/C11H9F3N4O3S2/c1-6-2-4-7(5-3-6)23(20,21)18-9(19)15-10-17-16-8(22-10)11(12,13)14/h2-5H,1H3,(H2,15,17,18,19).